The fourth-order valence-electron chi connectivity index (χ4n) is 1.72. The first kappa shape index (κ1) is 13.1. The maximum absolute atomic E-state index is 4.47. The third-order valence-electron chi connectivity index (χ3n) is 2.59. The number of aromatic nitrogens is 4. The van der Waals surface area contributed by atoms with E-state index >= 15 is 0 Å². The smallest absolute Gasteiger partial charge is 0.186 e. The fraction of sp³-hybridized carbons (Fsp3) is 0.462. The van der Waals surface area contributed by atoms with Gasteiger partial charge < -0.3 is 0 Å². The van der Waals surface area contributed by atoms with Crippen LogP contribution in [0.3, 0.4) is 0 Å². The Morgan fingerprint density at radius 3 is 2.67 bits per heavy atom. The van der Waals surface area contributed by atoms with Gasteiger partial charge in [0.25, 0.3) is 0 Å². The number of hydrogen-bond donors (Lipinski definition) is 0. The van der Waals surface area contributed by atoms with Gasteiger partial charge in [0, 0.05) is 18.1 Å². The van der Waals surface area contributed by atoms with Gasteiger partial charge in [-0.25, -0.2) is 14.6 Å². The lowest BCUT2D eigenvalue weighted by atomic mass is 10.4. The normalized spacial score (nSPS) is 10.8. The highest BCUT2D eigenvalue weighted by molar-refractivity contribution is 7.99. The molecule has 0 fully saturated rings. The number of rotatable bonds is 5. The summed E-state index contributed by atoms with van der Waals surface area (Å²) >= 11 is 1.75. The first-order valence-corrected chi connectivity index (χ1v) is 7.18. The van der Waals surface area contributed by atoms with Gasteiger partial charge in [0.05, 0.1) is 5.69 Å². The van der Waals surface area contributed by atoms with E-state index in [0.29, 0.717) is 0 Å². The molecule has 2 heterocycles. The minimum atomic E-state index is 0.837. The summed E-state index contributed by atoms with van der Waals surface area (Å²) in [7, 11) is 0. The van der Waals surface area contributed by atoms with Crippen LogP contribution < -0.4 is 0 Å². The molecule has 0 aliphatic carbocycles. The van der Waals surface area contributed by atoms with Gasteiger partial charge in [-0.3, -0.25) is 0 Å². The predicted molar refractivity (Wildman–Crippen MR) is 74.3 cm³/mol. The second-order valence-electron chi connectivity index (χ2n) is 4.23. The number of hydrogen-bond acceptors (Lipinski definition) is 4. The zero-order valence-corrected chi connectivity index (χ0v) is 11.9. The van der Waals surface area contributed by atoms with Crippen molar-refractivity contribution in [3.8, 4) is 5.82 Å². The molecule has 0 N–H and O–H groups in total. The van der Waals surface area contributed by atoms with E-state index in [1.54, 1.807) is 24.2 Å². The molecule has 2 aromatic rings. The van der Waals surface area contributed by atoms with Crippen molar-refractivity contribution in [2.24, 2.45) is 0 Å². The summed E-state index contributed by atoms with van der Waals surface area (Å²) in [5.41, 5.74) is 2.09. The topological polar surface area (TPSA) is 43.6 Å². The van der Waals surface area contributed by atoms with E-state index < -0.39 is 0 Å². The van der Waals surface area contributed by atoms with E-state index in [2.05, 4.69) is 28.1 Å². The summed E-state index contributed by atoms with van der Waals surface area (Å²) in [6.45, 7) is 6.22. The first-order valence-electron chi connectivity index (χ1n) is 6.20. The number of aryl methyl sites for hydroxylation is 2. The predicted octanol–water partition coefficient (Wildman–Crippen LogP) is 3.17. The molecule has 0 aliphatic rings. The molecule has 0 aromatic carbocycles. The van der Waals surface area contributed by atoms with Crippen LogP contribution in [0.4, 0.5) is 0 Å². The van der Waals surface area contributed by atoms with Crippen molar-refractivity contribution < 1.29 is 0 Å². The maximum Gasteiger partial charge on any atom is 0.186 e. The number of nitrogens with zero attached hydrogens (tertiary/aromatic N) is 4. The van der Waals surface area contributed by atoms with Gasteiger partial charge in [0.1, 0.15) is 5.03 Å². The Morgan fingerprint density at radius 1 is 1.22 bits per heavy atom. The van der Waals surface area contributed by atoms with Crippen LogP contribution in [0.1, 0.15) is 31.2 Å². The van der Waals surface area contributed by atoms with E-state index in [1.165, 1.54) is 12.8 Å². The molecule has 0 spiro atoms. The van der Waals surface area contributed by atoms with Crippen molar-refractivity contribution in [3.05, 3.63) is 29.8 Å². The summed E-state index contributed by atoms with van der Waals surface area (Å²) in [4.78, 5) is 8.84. The fourth-order valence-corrected chi connectivity index (χ4v) is 2.75. The van der Waals surface area contributed by atoms with E-state index in [1.807, 2.05) is 18.5 Å². The van der Waals surface area contributed by atoms with Crippen LogP contribution in [0.5, 0.6) is 0 Å². The molecule has 0 atom stereocenters. The largest absolute Gasteiger partial charge is 0.244 e. The highest BCUT2D eigenvalue weighted by Gasteiger charge is 2.11. The van der Waals surface area contributed by atoms with Gasteiger partial charge in [-0.1, -0.05) is 13.3 Å². The molecule has 0 radical (unpaired) electrons. The van der Waals surface area contributed by atoms with Gasteiger partial charge in [0.2, 0.25) is 0 Å². The molecular weight excluding hydrogens is 244 g/mol. The molecule has 0 unspecified atom stereocenters. The Morgan fingerprint density at radius 2 is 2.00 bits per heavy atom. The molecule has 0 saturated carbocycles. The second-order valence-corrected chi connectivity index (χ2v) is 5.31. The van der Waals surface area contributed by atoms with E-state index in [9.17, 15) is 0 Å². The maximum atomic E-state index is 4.47. The van der Waals surface area contributed by atoms with Gasteiger partial charge in [0.15, 0.2) is 5.82 Å². The first-order chi connectivity index (χ1) is 8.72. The van der Waals surface area contributed by atoms with E-state index in [-0.39, 0.29) is 0 Å². The SMILES string of the molecule is CCCCSc1nccnc1-n1nc(C)cc1C. The van der Waals surface area contributed by atoms with Crippen molar-refractivity contribution in [2.45, 2.75) is 38.6 Å². The molecule has 0 amide bonds. The Labute approximate surface area is 112 Å². The summed E-state index contributed by atoms with van der Waals surface area (Å²) in [5, 5.41) is 5.43. The quantitative estimate of drug-likeness (QED) is 0.613. The van der Waals surface area contributed by atoms with Crippen molar-refractivity contribution in [3.63, 3.8) is 0 Å². The molecule has 18 heavy (non-hydrogen) atoms. The lowest BCUT2D eigenvalue weighted by molar-refractivity contribution is 0.769. The van der Waals surface area contributed by atoms with E-state index in [4.69, 9.17) is 0 Å². The van der Waals surface area contributed by atoms with E-state index in [0.717, 1.165) is 28.0 Å². The Balaban J connectivity index is 2.29. The summed E-state index contributed by atoms with van der Waals surface area (Å²) < 4.78 is 1.87. The zero-order chi connectivity index (χ0) is 13.0. The molecular formula is C13H18N4S. The van der Waals surface area contributed by atoms with Crippen LogP contribution in [-0.2, 0) is 0 Å². The lowest BCUT2D eigenvalue weighted by Crippen LogP contribution is -2.05. The molecule has 4 nitrogen and oxygen atoms in total. The average Bonchev–Trinajstić information content (AvgIpc) is 2.69. The second kappa shape index (κ2) is 6.00. The van der Waals surface area contributed by atoms with Crippen LogP contribution in [-0.4, -0.2) is 25.5 Å². The third kappa shape index (κ3) is 2.90. The van der Waals surface area contributed by atoms with Crippen LogP contribution in [0.15, 0.2) is 23.5 Å². The standard InChI is InChI=1S/C13H18N4S/c1-4-5-8-18-13-12(14-6-7-15-13)17-11(3)9-10(2)16-17/h6-7,9H,4-5,8H2,1-3H3. The van der Waals surface area contributed by atoms with Crippen molar-refractivity contribution in [1.82, 2.24) is 19.7 Å². The van der Waals surface area contributed by atoms with Gasteiger partial charge in [-0.2, -0.15) is 5.10 Å². The van der Waals surface area contributed by atoms with Crippen LogP contribution >= 0.6 is 11.8 Å². The number of thioether (sulfide) groups is 1. The minimum Gasteiger partial charge on any atom is -0.244 e. The van der Waals surface area contributed by atoms with Crippen LogP contribution in [0, 0.1) is 13.8 Å². The molecule has 5 heteroatoms. The van der Waals surface area contributed by atoms with Gasteiger partial charge in [-0.05, 0) is 32.1 Å². The molecule has 0 aliphatic heterocycles. The Kier molecular flexibility index (Phi) is 4.36. The molecule has 0 saturated heterocycles. The summed E-state index contributed by atoms with van der Waals surface area (Å²) in [6.07, 6.45) is 5.85. The van der Waals surface area contributed by atoms with Crippen molar-refractivity contribution in [2.75, 3.05) is 5.75 Å². The van der Waals surface area contributed by atoms with Crippen LogP contribution in [0.2, 0.25) is 0 Å². The molecule has 0 bridgehead atoms. The summed E-state index contributed by atoms with van der Waals surface area (Å²) in [5.74, 6) is 1.91. The van der Waals surface area contributed by atoms with Gasteiger partial charge in [-0.15, -0.1) is 11.8 Å². The van der Waals surface area contributed by atoms with Crippen molar-refractivity contribution in [1.29, 1.82) is 0 Å². The highest BCUT2D eigenvalue weighted by Crippen LogP contribution is 2.23. The molecule has 2 aromatic heterocycles. The zero-order valence-electron chi connectivity index (χ0n) is 11.1. The average molecular weight is 262 g/mol. The highest BCUT2D eigenvalue weighted by atomic mass is 32.2. The van der Waals surface area contributed by atoms with Crippen molar-refractivity contribution >= 4 is 11.8 Å². The van der Waals surface area contributed by atoms with Crippen LogP contribution in [0.25, 0.3) is 5.82 Å². The monoisotopic (exact) mass is 262 g/mol. The number of unbranched alkanes of at least 4 members (excludes halogenated alkanes) is 1. The summed E-state index contributed by atoms with van der Waals surface area (Å²) in [6, 6.07) is 2.05. The third-order valence-corrected chi connectivity index (χ3v) is 3.65. The Hall–Kier alpha value is -1.36. The molecule has 96 valence electrons. The Bertz CT molecular complexity index is 521. The lowest BCUT2D eigenvalue weighted by Gasteiger charge is -2.08. The molecule has 2 rings (SSSR count). The van der Waals surface area contributed by atoms with Gasteiger partial charge >= 0.3 is 0 Å². The minimum absolute atomic E-state index is 0.837.